The van der Waals surface area contributed by atoms with Crippen LogP contribution in [0.25, 0.3) is 0 Å². The molecule has 1 aromatic rings. The molecule has 1 spiro atoms. The molecule has 1 aromatic carbocycles. The van der Waals surface area contributed by atoms with Crippen molar-refractivity contribution in [3.05, 3.63) is 29.8 Å². The molecule has 4 fully saturated rings. The van der Waals surface area contributed by atoms with Crippen LogP contribution < -0.4 is 4.74 Å². The highest BCUT2D eigenvalue weighted by Crippen LogP contribution is 2.48. The van der Waals surface area contributed by atoms with E-state index in [9.17, 15) is 4.79 Å². The highest BCUT2D eigenvalue weighted by atomic mass is 16.6. The summed E-state index contributed by atoms with van der Waals surface area (Å²) in [6.45, 7) is 14.7. The fourth-order valence-electron chi connectivity index (χ4n) is 6.78. The van der Waals surface area contributed by atoms with Crippen LogP contribution in [0.5, 0.6) is 5.75 Å². The van der Waals surface area contributed by atoms with E-state index >= 15 is 0 Å². The molecule has 1 atom stereocenters. The third-order valence-corrected chi connectivity index (χ3v) is 9.06. The molecule has 200 valence electrons. The van der Waals surface area contributed by atoms with Gasteiger partial charge in [-0.15, -0.1) is 0 Å². The molecule has 1 saturated carbocycles. The predicted molar refractivity (Wildman–Crippen MR) is 142 cm³/mol. The van der Waals surface area contributed by atoms with E-state index in [1.54, 1.807) is 0 Å². The maximum atomic E-state index is 12.4. The number of rotatable bonds is 5. The van der Waals surface area contributed by atoms with Crippen molar-refractivity contribution in [2.24, 2.45) is 10.8 Å². The van der Waals surface area contributed by atoms with Crippen molar-refractivity contribution in [3.8, 4) is 5.75 Å². The van der Waals surface area contributed by atoms with Crippen molar-refractivity contribution in [3.63, 3.8) is 0 Å². The van der Waals surface area contributed by atoms with Gasteiger partial charge in [-0.05, 0) is 96.4 Å². The Morgan fingerprint density at radius 1 is 1.06 bits per heavy atom. The largest absolute Gasteiger partial charge is 0.493 e. The highest BCUT2D eigenvalue weighted by Gasteiger charge is 2.51. The van der Waals surface area contributed by atoms with Gasteiger partial charge in [0, 0.05) is 43.2 Å². The Hall–Kier alpha value is -1.79. The lowest BCUT2D eigenvalue weighted by molar-refractivity contribution is -0.0347. The number of carbonyl (C=O) groups excluding carboxylic acids is 1. The SMILES string of the molecule is CC1(COc2ccccc2C2CCN([C@@H]3CCC4(C3)CN(C(=O)OC(C)(C)C)C4)CC2)CCOCC1. The molecule has 3 saturated heterocycles. The number of amides is 1. The molecule has 0 bridgehead atoms. The number of ether oxygens (including phenoxy) is 3. The van der Waals surface area contributed by atoms with Gasteiger partial charge in [0.05, 0.1) is 6.61 Å². The number of para-hydroxylation sites is 1. The van der Waals surface area contributed by atoms with Gasteiger partial charge in [-0.3, -0.25) is 0 Å². The average Bonchev–Trinajstić information content (AvgIpc) is 3.28. The normalized spacial score (nSPS) is 26.6. The number of benzene rings is 1. The second-order valence-corrected chi connectivity index (χ2v) is 13.3. The van der Waals surface area contributed by atoms with Gasteiger partial charge in [-0.2, -0.15) is 0 Å². The Kier molecular flexibility index (Phi) is 7.30. The van der Waals surface area contributed by atoms with Crippen molar-refractivity contribution in [1.29, 1.82) is 0 Å². The first kappa shape index (κ1) is 25.8. The van der Waals surface area contributed by atoms with E-state index in [4.69, 9.17) is 14.2 Å². The van der Waals surface area contributed by atoms with Crippen LogP contribution in [0.3, 0.4) is 0 Å². The third-order valence-electron chi connectivity index (χ3n) is 9.06. The molecular formula is C30H46N2O4. The molecule has 1 aliphatic carbocycles. The molecule has 0 N–H and O–H groups in total. The molecule has 0 radical (unpaired) electrons. The van der Waals surface area contributed by atoms with Crippen LogP contribution in [0.1, 0.15) is 84.1 Å². The summed E-state index contributed by atoms with van der Waals surface area (Å²) in [6, 6.07) is 9.38. The first-order valence-corrected chi connectivity index (χ1v) is 14.2. The van der Waals surface area contributed by atoms with E-state index in [-0.39, 0.29) is 11.5 Å². The van der Waals surface area contributed by atoms with Gasteiger partial charge >= 0.3 is 6.09 Å². The Balaban J connectivity index is 1.11. The minimum absolute atomic E-state index is 0.149. The monoisotopic (exact) mass is 498 g/mol. The summed E-state index contributed by atoms with van der Waals surface area (Å²) in [7, 11) is 0. The Morgan fingerprint density at radius 3 is 2.44 bits per heavy atom. The first-order chi connectivity index (χ1) is 17.1. The van der Waals surface area contributed by atoms with Crippen molar-refractivity contribution < 1.29 is 19.0 Å². The van der Waals surface area contributed by atoms with Gasteiger partial charge in [-0.1, -0.05) is 25.1 Å². The van der Waals surface area contributed by atoms with Crippen molar-refractivity contribution in [2.75, 3.05) is 46.0 Å². The van der Waals surface area contributed by atoms with Gasteiger partial charge in [-0.25, -0.2) is 4.79 Å². The van der Waals surface area contributed by atoms with Gasteiger partial charge in [0.1, 0.15) is 11.4 Å². The molecule has 0 aromatic heterocycles. The Labute approximate surface area is 217 Å². The summed E-state index contributed by atoms with van der Waals surface area (Å²) in [5.74, 6) is 1.65. The molecule has 5 rings (SSSR count). The molecule has 0 unspecified atom stereocenters. The lowest BCUT2D eigenvalue weighted by atomic mass is 9.78. The number of hydrogen-bond acceptors (Lipinski definition) is 5. The standard InChI is InChI=1S/C30H46N2O4/c1-28(2,3)36-27(33)32-20-30(21-32)12-9-24(19-30)31-15-10-23(11-16-31)25-7-5-6-8-26(25)35-22-29(4)13-17-34-18-14-29/h5-8,23-24H,9-22H2,1-4H3/t24-/m1/s1. The summed E-state index contributed by atoms with van der Waals surface area (Å²) in [5.41, 5.74) is 1.50. The summed E-state index contributed by atoms with van der Waals surface area (Å²) in [5, 5.41) is 0. The molecular weight excluding hydrogens is 452 g/mol. The molecule has 6 heteroatoms. The van der Waals surface area contributed by atoms with Gasteiger partial charge in [0.25, 0.3) is 0 Å². The fraction of sp³-hybridized carbons (Fsp3) is 0.767. The topological polar surface area (TPSA) is 51.2 Å². The number of likely N-dealkylation sites (tertiary alicyclic amines) is 2. The van der Waals surface area contributed by atoms with E-state index in [1.807, 2.05) is 25.7 Å². The van der Waals surface area contributed by atoms with Crippen molar-refractivity contribution >= 4 is 6.09 Å². The van der Waals surface area contributed by atoms with Crippen molar-refractivity contribution in [2.45, 2.75) is 90.2 Å². The maximum absolute atomic E-state index is 12.4. The number of nitrogens with zero attached hydrogens (tertiary/aromatic N) is 2. The summed E-state index contributed by atoms with van der Waals surface area (Å²) in [6.07, 6.45) is 8.10. The van der Waals surface area contributed by atoms with Crippen LogP contribution in [0.2, 0.25) is 0 Å². The van der Waals surface area contributed by atoms with Crippen LogP contribution in [0.4, 0.5) is 4.79 Å². The Morgan fingerprint density at radius 2 is 1.75 bits per heavy atom. The number of hydrogen-bond donors (Lipinski definition) is 0. The third kappa shape index (κ3) is 5.85. The van der Waals surface area contributed by atoms with Gasteiger partial charge in [0.15, 0.2) is 0 Å². The van der Waals surface area contributed by atoms with Crippen LogP contribution in [0.15, 0.2) is 24.3 Å². The van der Waals surface area contributed by atoms with E-state index in [1.165, 1.54) is 37.7 Å². The molecule has 3 heterocycles. The van der Waals surface area contributed by atoms with Gasteiger partial charge in [0.2, 0.25) is 0 Å². The number of carbonyl (C=O) groups is 1. The molecule has 4 aliphatic rings. The second-order valence-electron chi connectivity index (χ2n) is 13.3. The van der Waals surface area contributed by atoms with E-state index in [2.05, 4.69) is 36.1 Å². The molecule has 36 heavy (non-hydrogen) atoms. The minimum atomic E-state index is -0.422. The van der Waals surface area contributed by atoms with Gasteiger partial charge < -0.3 is 24.0 Å². The second kappa shape index (κ2) is 10.2. The van der Waals surface area contributed by atoms with E-state index < -0.39 is 5.60 Å². The van der Waals surface area contributed by atoms with Crippen LogP contribution >= 0.6 is 0 Å². The average molecular weight is 499 g/mol. The smallest absolute Gasteiger partial charge is 0.410 e. The summed E-state index contributed by atoms with van der Waals surface area (Å²) < 4.78 is 17.6. The summed E-state index contributed by atoms with van der Waals surface area (Å²) >= 11 is 0. The first-order valence-electron chi connectivity index (χ1n) is 14.2. The van der Waals surface area contributed by atoms with Crippen LogP contribution in [-0.2, 0) is 9.47 Å². The van der Waals surface area contributed by atoms with Crippen LogP contribution in [0, 0.1) is 10.8 Å². The molecule has 1 amide bonds. The Bertz CT molecular complexity index is 906. The number of piperidine rings is 1. The zero-order chi connectivity index (χ0) is 25.4. The molecule has 3 aliphatic heterocycles. The van der Waals surface area contributed by atoms with E-state index in [0.29, 0.717) is 17.4 Å². The predicted octanol–water partition coefficient (Wildman–Crippen LogP) is 5.85. The zero-order valence-corrected chi connectivity index (χ0v) is 22.9. The van der Waals surface area contributed by atoms with E-state index in [0.717, 1.165) is 64.6 Å². The highest BCUT2D eigenvalue weighted by molar-refractivity contribution is 5.69. The zero-order valence-electron chi connectivity index (χ0n) is 22.9. The summed E-state index contributed by atoms with van der Waals surface area (Å²) in [4.78, 5) is 17.0. The maximum Gasteiger partial charge on any atom is 0.410 e. The lowest BCUT2D eigenvalue weighted by Crippen LogP contribution is -2.58. The fourth-order valence-corrected chi connectivity index (χ4v) is 6.78. The quantitative estimate of drug-likeness (QED) is 0.510. The molecule has 6 nitrogen and oxygen atoms in total. The lowest BCUT2D eigenvalue weighted by Gasteiger charge is -2.48. The minimum Gasteiger partial charge on any atom is -0.493 e. The van der Waals surface area contributed by atoms with Crippen molar-refractivity contribution in [1.82, 2.24) is 9.80 Å². The van der Waals surface area contributed by atoms with Crippen LogP contribution in [-0.4, -0.2) is 73.5 Å².